The van der Waals surface area contributed by atoms with Gasteiger partial charge in [0.1, 0.15) is 0 Å². The van der Waals surface area contributed by atoms with Crippen molar-refractivity contribution in [2.75, 3.05) is 6.54 Å². The Kier molecular flexibility index (Phi) is 7.19. The molecular formula is C16H26N2O. The third-order valence-electron chi connectivity index (χ3n) is 3.22. The number of carbonyl (C=O) groups is 1. The van der Waals surface area contributed by atoms with Crippen LogP contribution in [0.3, 0.4) is 0 Å². The summed E-state index contributed by atoms with van der Waals surface area (Å²) >= 11 is 0. The second-order valence-electron chi connectivity index (χ2n) is 5.28. The second-order valence-corrected chi connectivity index (χ2v) is 5.28. The van der Waals surface area contributed by atoms with Crippen molar-refractivity contribution in [2.24, 2.45) is 5.73 Å². The van der Waals surface area contributed by atoms with Gasteiger partial charge in [-0.1, -0.05) is 44.5 Å². The molecule has 0 saturated heterocycles. The van der Waals surface area contributed by atoms with E-state index < -0.39 is 0 Å². The Labute approximate surface area is 116 Å². The molecule has 3 heteroatoms. The predicted octanol–water partition coefficient (Wildman–Crippen LogP) is 2.95. The van der Waals surface area contributed by atoms with Crippen LogP contribution in [0, 0.1) is 0 Å². The summed E-state index contributed by atoms with van der Waals surface area (Å²) < 4.78 is 0. The Balaban J connectivity index is 2.31. The quantitative estimate of drug-likeness (QED) is 0.708. The first kappa shape index (κ1) is 15.7. The minimum Gasteiger partial charge on any atom is -0.352 e. The molecule has 0 aliphatic heterocycles. The lowest BCUT2D eigenvalue weighted by Crippen LogP contribution is -2.22. The van der Waals surface area contributed by atoms with Crippen molar-refractivity contribution < 1.29 is 4.79 Å². The fourth-order valence-electron chi connectivity index (χ4n) is 1.96. The van der Waals surface area contributed by atoms with E-state index in [1.165, 1.54) is 11.1 Å². The van der Waals surface area contributed by atoms with Gasteiger partial charge in [0.15, 0.2) is 0 Å². The van der Waals surface area contributed by atoms with Crippen LogP contribution in [0.5, 0.6) is 0 Å². The van der Waals surface area contributed by atoms with Crippen LogP contribution in [0.4, 0.5) is 0 Å². The normalized spacial score (nSPS) is 10.7. The lowest BCUT2D eigenvalue weighted by Gasteiger charge is -2.09. The van der Waals surface area contributed by atoms with E-state index in [0.29, 0.717) is 25.4 Å². The standard InChI is InChI=1S/C16H26N2O/c1-13(2)15-8-6-7-14(11-15)12-18-16(19)9-4-3-5-10-17/h6-8,11,13H,3-5,9-10,12,17H2,1-2H3,(H,18,19). The molecule has 0 unspecified atom stereocenters. The number of rotatable bonds is 8. The van der Waals surface area contributed by atoms with Gasteiger partial charge in [0.05, 0.1) is 0 Å². The predicted molar refractivity (Wildman–Crippen MR) is 79.9 cm³/mol. The van der Waals surface area contributed by atoms with Crippen LogP contribution in [0.15, 0.2) is 24.3 Å². The lowest BCUT2D eigenvalue weighted by molar-refractivity contribution is -0.121. The molecule has 0 fully saturated rings. The van der Waals surface area contributed by atoms with Gasteiger partial charge in [-0.25, -0.2) is 0 Å². The molecule has 1 amide bonds. The number of benzene rings is 1. The van der Waals surface area contributed by atoms with Gasteiger partial charge in [0.2, 0.25) is 5.91 Å². The van der Waals surface area contributed by atoms with E-state index in [-0.39, 0.29) is 5.91 Å². The van der Waals surface area contributed by atoms with Gasteiger partial charge in [-0.2, -0.15) is 0 Å². The summed E-state index contributed by atoms with van der Waals surface area (Å²) in [5.41, 5.74) is 7.90. The molecule has 0 aromatic heterocycles. The highest BCUT2D eigenvalue weighted by atomic mass is 16.1. The summed E-state index contributed by atoms with van der Waals surface area (Å²) in [6.07, 6.45) is 3.56. The molecule has 0 aliphatic carbocycles. The average molecular weight is 262 g/mol. The Morgan fingerprint density at radius 3 is 2.74 bits per heavy atom. The van der Waals surface area contributed by atoms with Crippen molar-refractivity contribution in [3.05, 3.63) is 35.4 Å². The van der Waals surface area contributed by atoms with Crippen LogP contribution >= 0.6 is 0 Å². The van der Waals surface area contributed by atoms with Crippen LogP contribution in [0.25, 0.3) is 0 Å². The summed E-state index contributed by atoms with van der Waals surface area (Å²) in [6, 6.07) is 8.40. The summed E-state index contributed by atoms with van der Waals surface area (Å²) in [4.78, 5) is 11.7. The van der Waals surface area contributed by atoms with E-state index >= 15 is 0 Å². The lowest BCUT2D eigenvalue weighted by atomic mass is 10.0. The molecule has 0 saturated carbocycles. The zero-order valence-corrected chi connectivity index (χ0v) is 12.1. The fraction of sp³-hybridized carbons (Fsp3) is 0.562. The van der Waals surface area contributed by atoms with Crippen LogP contribution in [0.1, 0.15) is 56.6 Å². The largest absolute Gasteiger partial charge is 0.352 e. The van der Waals surface area contributed by atoms with E-state index in [0.717, 1.165) is 19.3 Å². The Morgan fingerprint density at radius 2 is 2.05 bits per heavy atom. The maximum Gasteiger partial charge on any atom is 0.220 e. The van der Waals surface area contributed by atoms with E-state index in [4.69, 9.17) is 5.73 Å². The molecule has 3 N–H and O–H groups in total. The molecule has 1 rings (SSSR count). The highest BCUT2D eigenvalue weighted by molar-refractivity contribution is 5.75. The van der Waals surface area contributed by atoms with E-state index in [9.17, 15) is 4.79 Å². The third kappa shape index (κ3) is 6.39. The molecule has 0 spiro atoms. The van der Waals surface area contributed by atoms with Gasteiger partial charge in [0.25, 0.3) is 0 Å². The summed E-state index contributed by atoms with van der Waals surface area (Å²) in [7, 11) is 0. The SMILES string of the molecule is CC(C)c1cccc(CNC(=O)CCCCCN)c1. The summed E-state index contributed by atoms with van der Waals surface area (Å²) in [5.74, 6) is 0.652. The molecule has 1 aromatic carbocycles. The summed E-state index contributed by atoms with van der Waals surface area (Å²) in [6.45, 7) is 5.68. The van der Waals surface area contributed by atoms with E-state index in [1.54, 1.807) is 0 Å². The Bertz CT molecular complexity index is 388. The van der Waals surface area contributed by atoms with Crippen molar-refractivity contribution >= 4 is 5.91 Å². The van der Waals surface area contributed by atoms with Crippen LogP contribution in [-0.4, -0.2) is 12.5 Å². The maximum absolute atomic E-state index is 11.7. The number of unbranched alkanes of at least 4 members (excludes halogenated alkanes) is 2. The molecule has 0 atom stereocenters. The second kappa shape index (κ2) is 8.70. The number of hydrogen-bond donors (Lipinski definition) is 2. The monoisotopic (exact) mass is 262 g/mol. The van der Waals surface area contributed by atoms with Crippen molar-refractivity contribution in [2.45, 2.75) is 52.0 Å². The average Bonchev–Trinajstić information content (AvgIpc) is 2.41. The van der Waals surface area contributed by atoms with Crippen molar-refractivity contribution in [1.29, 1.82) is 0 Å². The minimum atomic E-state index is 0.131. The summed E-state index contributed by atoms with van der Waals surface area (Å²) in [5, 5.41) is 2.97. The molecule has 0 radical (unpaired) electrons. The van der Waals surface area contributed by atoms with Crippen LogP contribution < -0.4 is 11.1 Å². The van der Waals surface area contributed by atoms with Gasteiger partial charge in [0, 0.05) is 13.0 Å². The van der Waals surface area contributed by atoms with Gasteiger partial charge in [-0.15, -0.1) is 0 Å². The zero-order valence-electron chi connectivity index (χ0n) is 12.1. The van der Waals surface area contributed by atoms with Crippen molar-refractivity contribution in [3.63, 3.8) is 0 Å². The number of carbonyl (C=O) groups excluding carboxylic acids is 1. The highest BCUT2D eigenvalue weighted by Crippen LogP contribution is 2.15. The molecule has 0 heterocycles. The Morgan fingerprint density at radius 1 is 1.26 bits per heavy atom. The highest BCUT2D eigenvalue weighted by Gasteiger charge is 2.03. The third-order valence-corrected chi connectivity index (χ3v) is 3.22. The number of nitrogens with two attached hydrogens (primary N) is 1. The molecule has 1 aromatic rings. The first-order valence-electron chi connectivity index (χ1n) is 7.19. The van der Waals surface area contributed by atoms with Gasteiger partial charge in [-0.05, 0) is 36.4 Å². The van der Waals surface area contributed by atoms with Gasteiger partial charge >= 0.3 is 0 Å². The van der Waals surface area contributed by atoms with Crippen molar-refractivity contribution in [3.8, 4) is 0 Å². The number of hydrogen-bond acceptors (Lipinski definition) is 2. The van der Waals surface area contributed by atoms with Gasteiger partial charge in [-0.3, -0.25) is 4.79 Å². The molecule has 0 aliphatic rings. The topological polar surface area (TPSA) is 55.1 Å². The molecule has 0 bridgehead atoms. The zero-order chi connectivity index (χ0) is 14.1. The van der Waals surface area contributed by atoms with E-state index in [1.807, 2.05) is 0 Å². The first-order valence-corrected chi connectivity index (χ1v) is 7.19. The minimum absolute atomic E-state index is 0.131. The molecular weight excluding hydrogens is 236 g/mol. The Hall–Kier alpha value is -1.35. The van der Waals surface area contributed by atoms with Gasteiger partial charge < -0.3 is 11.1 Å². The smallest absolute Gasteiger partial charge is 0.220 e. The first-order chi connectivity index (χ1) is 9.13. The van der Waals surface area contributed by atoms with Crippen LogP contribution in [0.2, 0.25) is 0 Å². The van der Waals surface area contributed by atoms with Crippen LogP contribution in [-0.2, 0) is 11.3 Å². The number of nitrogens with one attached hydrogen (secondary N) is 1. The molecule has 106 valence electrons. The van der Waals surface area contributed by atoms with Crippen molar-refractivity contribution in [1.82, 2.24) is 5.32 Å². The maximum atomic E-state index is 11.7. The van der Waals surface area contributed by atoms with E-state index in [2.05, 4.69) is 43.4 Å². The molecule has 3 nitrogen and oxygen atoms in total. The number of amides is 1. The fourth-order valence-corrected chi connectivity index (χ4v) is 1.96. The molecule has 19 heavy (non-hydrogen) atoms.